The largest absolute Gasteiger partial charge is 0.454 e. The molecule has 0 aliphatic heterocycles. The third-order valence-electron chi connectivity index (χ3n) is 11.3. The summed E-state index contributed by atoms with van der Waals surface area (Å²) in [7, 11) is 0. The first-order valence-corrected chi connectivity index (χ1v) is 20.2. The van der Waals surface area contributed by atoms with Crippen LogP contribution in [-0.4, -0.2) is 10.3 Å². The van der Waals surface area contributed by atoms with E-state index in [0.717, 1.165) is 88.8 Å². The molecule has 0 atom stereocenters. The van der Waals surface area contributed by atoms with Crippen LogP contribution in [0.1, 0.15) is 31.9 Å². The molecule has 0 bridgehead atoms. The van der Waals surface area contributed by atoms with Gasteiger partial charge in [-0.05, 0) is 102 Å². The van der Waals surface area contributed by atoms with Gasteiger partial charge in [0.1, 0.15) is 11.3 Å². The number of aromatic nitrogens is 1. The number of hydrogen-bond donors (Lipinski definition) is 0. The predicted octanol–water partition coefficient (Wildman–Crippen LogP) is 13.4. The standard InChI is InChI=1S/C56H42N2O/c1-37(2)53-54-47(44-24-15-23-42(34-44)43-32-33-49-48-28-13-14-30-50(48)58(51(49)36-43)46-26-11-6-12-27-46)29-17-31-52(54)59-56(53)55(57-38(3)39-18-7-4-8-19-39)45-25-16-22-41(35-45)40-20-9-5-10-21-40/h4-36H,1-3H3/b56-55+,57-38?. The number of nitrogens with zero attached hydrogens (tertiary/aromatic N) is 2. The zero-order valence-electron chi connectivity index (χ0n) is 33.4. The summed E-state index contributed by atoms with van der Waals surface area (Å²) < 4.78 is 9.38. The van der Waals surface area contributed by atoms with Gasteiger partial charge in [0.25, 0.3) is 0 Å². The van der Waals surface area contributed by atoms with Crippen LogP contribution in [0.4, 0.5) is 0 Å². The molecule has 10 aromatic rings. The number of rotatable bonds is 7. The van der Waals surface area contributed by atoms with Crippen molar-refractivity contribution in [1.82, 2.24) is 4.57 Å². The van der Waals surface area contributed by atoms with Crippen LogP contribution < -0.4 is 10.6 Å². The van der Waals surface area contributed by atoms with Gasteiger partial charge in [-0.15, -0.1) is 0 Å². The molecule has 0 saturated heterocycles. The first-order chi connectivity index (χ1) is 29.0. The minimum Gasteiger partial charge on any atom is -0.454 e. The molecule has 0 amide bonds. The molecule has 0 aliphatic carbocycles. The molecule has 282 valence electrons. The first-order valence-electron chi connectivity index (χ1n) is 20.2. The Labute approximate surface area is 344 Å². The minimum absolute atomic E-state index is 0.767. The van der Waals surface area contributed by atoms with Crippen molar-refractivity contribution in [3.05, 3.63) is 222 Å². The zero-order valence-corrected chi connectivity index (χ0v) is 33.4. The maximum atomic E-state index is 7.00. The van der Waals surface area contributed by atoms with Gasteiger partial charge in [-0.2, -0.15) is 0 Å². The monoisotopic (exact) mass is 758 g/mol. The molecule has 0 fully saturated rings. The van der Waals surface area contributed by atoms with E-state index in [2.05, 4.69) is 219 Å². The van der Waals surface area contributed by atoms with Crippen molar-refractivity contribution in [3.63, 3.8) is 0 Å². The van der Waals surface area contributed by atoms with Crippen LogP contribution >= 0.6 is 0 Å². The highest BCUT2D eigenvalue weighted by molar-refractivity contribution is 6.10. The maximum absolute atomic E-state index is 7.00. The van der Waals surface area contributed by atoms with Crippen LogP contribution in [-0.2, 0) is 0 Å². The lowest BCUT2D eigenvalue weighted by Crippen LogP contribution is -2.25. The SMILES string of the molecule is CC(=N/C(c1cccc(-c2ccccc2)c1)=c1/oc2cccc(-c3cccc(-c4ccc5c6ccccc6n(-c6ccccc6)c5c4)c3)c2c1=C(C)C)c1ccccc1. The Morgan fingerprint density at radius 3 is 1.83 bits per heavy atom. The second-order valence-corrected chi connectivity index (χ2v) is 15.3. The van der Waals surface area contributed by atoms with E-state index in [9.17, 15) is 0 Å². The molecule has 0 N–H and O–H groups in total. The van der Waals surface area contributed by atoms with Crippen molar-refractivity contribution in [2.75, 3.05) is 0 Å². The fourth-order valence-electron chi connectivity index (χ4n) is 8.54. The van der Waals surface area contributed by atoms with Gasteiger partial charge in [0.15, 0.2) is 5.42 Å². The van der Waals surface area contributed by atoms with Crippen LogP contribution in [0.25, 0.3) is 83.1 Å². The fourth-order valence-corrected chi connectivity index (χ4v) is 8.54. The molecule has 3 nitrogen and oxygen atoms in total. The van der Waals surface area contributed by atoms with E-state index in [-0.39, 0.29) is 0 Å². The van der Waals surface area contributed by atoms with Crippen molar-refractivity contribution >= 4 is 49.8 Å². The number of benzene rings is 8. The van der Waals surface area contributed by atoms with Crippen molar-refractivity contribution in [1.29, 1.82) is 0 Å². The highest BCUT2D eigenvalue weighted by Gasteiger charge is 2.18. The molecular formula is C56H42N2O. The van der Waals surface area contributed by atoms with Gasteiger partial charge < -0.3 is 8.98 Å². The molecule has 0 unspecified atom stereocenters. The number of furan rings is 1. The Balaban J connectivity index is 1.18. The first kappa shape index (κ1) is 35.9. The lowest BCUT2D eigenvalue weighted by atomic mass is 9.95. The van der Waals surface area contributed by atoms with E-state index >= 15 is 0 Å². The lowest BCUT2D eigenvalue weighted by molar-refractivity contribution is 0.571. The topological polar surface area (TPSA) is 30.4 Å². The van der Waals surface area contributed by atoms with Crippen molar-refractivity contribution < 1.29 is 4.42 Å². The Kier molecular flexibility index (Phi) is 9.19. The summed E-state index contributed by atoms with van der Waals surface area (Å²) in [6, 6.07) is 71.0. The molecular weight excluding hydrogens is 717 g/mol. The van der Waals surface area contributed by atoms with Gasteiger partial charge in [-0.3, -0.25) is 0 Å². The molecule has 8 aromatic carbocycles. The second-order valence-electron chi connectivity index (χ2n) is 15.3. The summed E-state index contributed by atoms with van der Waals surface area (Å²) in [6.07, 6.45) is 0. The summed E-state index contributed by atoms with van der Waals surface area (Å²) in [4.78, 5) is 5.41. The number of fused-ring (bicyclic) bond motifs is 4. The van der Waals surface area contributed by atoms with Crippen LogP contribution in [0.5, 0.6) is 0 Å². The normalized spacial score (nSPS) is 12.4. The van der Waals surface area contributed by atoms with Gasteiger partial charge in [0.2, 0.25) is 0 Å². The molecule has 0 radical (unpaired) electrons. The number of aliphatic imine (C=N–C) groups is 1. The van der Waals surface area contributed by atoms with Crippen LogP contribution in [0.15, 0.2) is 210 Å². The summed E-state index contributed by atoms with van der Waals surface area (Å²) in [5, 5.41) is 4.65. The molecule has 0 aliphatic rings. The maximum Gasteiger partial charge on any atom is 0.161 e. The van der Waals surface area contributed by atoms with Crippen LogP contribution in [0.3, 0.4) is 0 Å². The Morgan fingerprint density at radius 1 is 0.458 bits per heavy atom. The highest BCUT2D eigenvalue weighted by atomic mass is 16.3. The van der Waals surface area contributed by atoms with E-state index in [1.807, 2.05) is 6.07 Å². The van der Waals surface area contributed by atoms with Crippen molar-refractivity contribution in [2.24, 2.45) is 4.99 Å². The summed E-state index contributed by atoms with van der Waals surface area (Å²) in [5.41, 5.74) is 16.9. The fraction of sp³-hybridized carbons (Fsp3) is 0.0536. The Bertz CT molecular complexity index is 3330. The van der Waals surface area contributed by atoms with Gasteiger partial charge in [-0.1, -0.05) is 163 Å². The smallest absolute Gasteiger partial charge is 0.161 e. The number of para-hydroxylation sites is 2. The van der Waals surface area contributed by atoms with Gasteiger partial charge in [0, 0.05) is 38.3 Å². The Hall–Kier alpha value is -7.49. The van der Waals surface area contributed by atoms with E-state index < -0.39 is 0 Å². The van der Waals surface area contributed by atoms with E-state index in [0.29, 0.717) is 0 Å². The average molecular weight is 759 g/mol. The third kappa shape index (κ3) is 6.57. The highest BCUT2D eigenvalue weighted by Crippen LogP contribution is 2.36. The molecule has 0 saturated carbocycles. The lowest BCUT2D eigenvalue weighted by Gasteiger charge is -2.10. The summed E-state index contributed by atoms with van der Waals surface area (Å²) >= 11 is 0. The quantitative estimate of drug-likeness (QED) is 0.149. The molecule has 59 heavy (non-hydrogen) atoms. The Morgan fingerprint density at radius 2 is 1.05 bits per heavy atom. The van der Waals surface area contributed by atoms with Crippen molar-refractivity contribution in [2.45, 2.75) is 20.8 Å². The van der Waals surface area contributed by atoms with E-state index in [4.69, 9.17) is 9.41 Å². The molecule has 0 spiro atoms. The molecule has 2 aromatic heterocycles. The second kappa shape index (κ2) is 15.1. The minimum atomic E-state index is 0.767. The van der Waals surface area contributed by atoms with E-state index in [1.165, 1.54) is 21.8 Å². The number of hydrogen-bond acceptors (Lipinski definition) is 2. The molecule has 3 heteroatoms. The van der Waals surface area contributed by atoms with Gasteiger partial charge in [-0.25, -0.2) is 4.99 Å². The van der Waals surface area contributed by atoms with Crippen LogP contribution in [0.2, 0.25) is 0 Å². The predicted molar refractivity (Wildman–Crippen MR) is 248 cm³/mol. The summed E-state index contributed by atoms with van der Waals surface area (Å²) in [5.74, 6) is 0. The molecule has 10 rings (SSSR count). The van der Waals surface area contributed by atoms with Crippen LogP contribution in [0, 0.1) is 0 Å². The average Bonchev–Trinajstić information content (AvgIpc) is 3.85. The van der Waals surface area contributed by atoms with Gasteiger partial charge >= 0.3 is 0 Å². The third-order valence-corrected chi connectivity index (χ3v) is 11.3. The van der Waals surface area contributed by atoms with Crippen molar-refractivity contribution in [3.8, 4) is 39.1 Å². The van der Waals surface area contributed by atoms with Gasteiger partial charge in [0.05, 0.1) is 11.0 Å². The van der Waals surface area contributed by atoms with E-state index in [1.54, 1.807) is 0 Å². The summed E-state index contributed by atoms with van der Waals surface area (Å²) in [6.45, 7) is 6.43. The molecule has 2 heterocycles. The zero-order chi connectivity index (χ0) is 39.9.